The third-order valence-electron chi connectivity index (χ3n) is 4.46. The average molecular weight is 466 g/mol. The van der Waals surface area contributed by atoms with Gasteiger partial charge in [0.1, 0.15) is 11.3 Å². The fraction of sp³-hybridized carbons (Fsp3) is 0.400. The van der Waals surface area contributed by atoms with Gasteiger partial charge in [-0.1, -0.05) is 31.3 Å². The maximum Gasteiger partial charge on any atom is 0.295 e. The van der Waals surface area contributed by atoms with Crippen LogP contribution in [0.25, 0.3) is 10.2 Å². The van der Waals surface area contributed by atoms with Gasteiger partial charge in [0.2, 0.25) is 0 Å². The number of halogens is 1. The van der Waals surface area contributed by atoms with Crippen LogP contribution in [-0.2, 0) is 0 Å². The van der Waals surface area contributed by atoms with Crippen molar-refractivity contribution in [1.29, 1.82) is 0 Å². The van der Waals surface area contributed by atoms with Crippen LogP contribution in [0, 0.1) is 0 Å². The highest BCUT2D eigenvalue weighted by Gasteiger charge is 2.25. The first-order chi connectivity index (χ1) is 13.6. The number of amides is 1. The molecule has 0 N–H and O–H groups in total. The number of carbonyl (C=O) groups is 1. The maximum atomic E-state index is 13.2. The largest absolute Gasteiger partial charge is 0.492 e. The van der Waals surface area contributed by atoms with Crippen molar-refractivity contribution in [1.82, 2.24) is 9.88 Å². The summed E-state index contributed by atoms with van der Waals surface area (Å²) in [6, 6.07) is 9.24. The molecule has 8 heteroatoms. The Bertz CT molecular complexity index is 936. The molecule has 150 valence electrons. The molecule has 0 aliphatic heterocycles. The second-order valence-electron chi connectivity index (χ2n) is 6.12. The first-order valence-corrected chi connectivity index (χ1v) is 11.0. The SMILES string of the molecule is CCOc1cccc2sc(N(CCN(CC)CC)C(=O)c3ccc(Br)o3)nc12. The van der Waals surface area contributed by atoms with Gasteiger partial charge < -0.3 is 14.1 Å². The van der Waals surface area contributed by atoms with Crippen LogP contribution in [0.2, 0.25) is 0 Å². The highest BCUT2D eigenvalue weighted by atomic mass is 79.9. The van der Waals surface area contributed by atoms with E-state index in [0.717, 1.165) is 35.6 Å². The van der Waals surface area contributed by atoms with Gasteiger partial charge in [-0.05, 0) is 60.2 Å². The van der Waals surface area contributed by atoms with Crippen LogP contribution in [0.5, 0.6) is 5.75 Å². The normalized spacial score (nSPS) is 11.3. The summed E-state index contributed by atoms with van der Waals surface area (Å²) in [6.07, 6.45) is 0. The van der Waals surface area contributed by atoms with Crippen LogP contribution in [0.4, 0.5) is 5.13 Å². The minimum atomic E-state index is -0.199. The lowest BCUT2D eigenvalue weighted by Gasteiger charge is -2.24. The van der Waals surface area contributed by atoms with Gasteiger partial charge in [-0.15, -0.1) is 0 Å². The third-order valence-corrected chi connectivity index (χ3v) is 5.93. The highest BCUT2D eigenvalue weighted by molar-refractivity contribution is 9.10. The van der Waals surface area contributed by atoms with E-state index in [1.54, 1.807) is 17.0 Å². The van der Waals surface area contributed by atoms with Gasteiger partial charge in [0.15, 0.2) is 15.6 Å². The summed E-state index contributed by atoms with van der Waals surface area (Å²) in [5.74, 6) is 0.824. The number of ether oxygens (including phenoxy) is 1. The lowest BCUT2D eigenvalue weighted by atomic mass is 10.3. The Balaban J connectivity index is 1.96. The van der Waals surface area contributed by atoms with Gasteiger partial charge in [-0.2, -0.15) is 0 Å². The Kier molecular flexibility index (Phi) is 7.09. The van der Waals surface area contributed by atoms with Crippen molar-refractivity contribution >= 4 is 48.5 Å². The van der Waals surface area contributed by atoms with Gasteiger partial charge in [0.25, 0.3) is 5.91 Å². The predicted molar refractivity (Wildman–Crippen MR) is 117 cm³/mol. The number of nitrogens with zero attached hydrogens (tertiary/aromatic N) is 3. The smallest absolute Gasteiger partial charge is 0.295 e. The quantitative estimate of drug-likeness (QED) is 0.442. The first-order valence-electron chi connectivity index (χ1n) is 9.39. The number of hydrogen-bond acceptors (Lipinski definition) is 6. The molecule has 0 aliphatic carbocycles. The molecule has 1 aromatic carbocycles. The number of aromatic nitrogens is 1. The number of furan rings is 1. The van der Waals surface area contributed by atoms with E-state index < -0.39 is 0 Å². The second kappa shape index (κ2) is 9.54. The maximum absolute atomic E-state index is 13.2. The minimum Gasteiger partial charge on any atom is -0.492 e. The Labute approximate surface area is 177 Å². The molecule has 1 amide bonds. The molecule has 0 bridgehead atoms. The zero-order valence-corrected chi connectivity index (χ0v) is 18.7. The second-order valence-corrected chi connectivity index (χ2v) is 7.91. The Morgan fingerprint density at radius 2 is 1.96 bits per heavy atom. The number of carbonyl (C=O) groups excluding carboxylic acids is 1. The van der Waals surface area contributed by atoms with E-state index in [1.807, 2.05) is 25.1 Å². The van der Waals surface area contributed by atoms with Crippen molar-refractivity contribution in [3.05, 3.63) is 40.8 Å². The number of hydrogen-bond donors (Lipinski definition) is 0. The van der Waals surface area contributed by atoms with Crippen LogP contribution >= 0.6 is 27.3 Å². The van der Waals surface area contributed by atoms with Crippen LogP contribution < -0.4 is 9.64 Å². The number of fused-ring (bicyclic) bond motifs is 1. The van der Waals surface area contributed by atoms with Gasteiger partial charge in [0, 0.05) is 13.1 Å². The third kappa shape index (κ3) is 4.56. The molecule has 0 atom stereocenters. The summed E-state index contributed by atoms with van der Waals surface area (Å²) < 4.78 is 12.7. The monoisotopic (exact) mass is 465 g/mol. The summed E-state index contributed by atoms with van der Waals surface area (Å²) in [7, 11) is 0. The topological polar surface area (TPSA) is 58.8 Å². The van der Waals surface area contributed by atoms with Crippen molar-refractivity contribution in [2.75, 3.05) is 37.7 Å². The molecule has 3 rings (SSSR count). The molecule has 2 heterocycles. The Hall–Kier alpha value is -1.90. The molecule has 0 radical (unpaired) electrons. The van der Waals surface area contributed by atoms with E-state index >= 15 is 0 Å². The highest BCUT2D eigenvalue weighted by Crippen LogP contribution is 2.35. The number of likely N-dealkylation sites (N-methyl/N-ethyl adjacent to an activating group) is 1. The van der Waals surface area contributed by atoms with Crippen molar-refractivity contribution in [3.63, 3.8) is 0 Å². The molecule has 0 aliphatic rings. The van der Waals surface area contributed by atoms with E-state index in [2.05, 4.69) is 34.7 Å². The van der Waals surface area contributed by atoms with Crippen molar-refractivity contribution in [2.45, 2.75) is 20.8 Å². The van der Waals surface area contributed by atoms with Gasteiger partial charge in [-0.3, -0.25) is 9.69 Å². The summed E-state index contributed by atoms with van der Waals surface area (Å²) in [5.41, 5.74) is 0.783. The first kappa shape index (κ1) is 20.8. The van der Waals surface area contributed by atoms with E-state index in [9.17, 15) is 4.79 Å². The molecular formula is C20H24BrN3O3S. The molecule has 0 unspecified atom stereocenters. The zero-order valence-electron chi connectivity index (χ0n) is 16.3. The predicted octanol–water partition coefficient (Wildman–Crippen LogP) is 5.04. The molecule has 28 heavy (non-hydrogen) atoms. The van der Waals surface area contributed by atoms with Crippen molar-refractivity contribution in [2.24, 2.45) is 0 Å². The number of rotatable bonds is 9. The van der Waals surface area contributed by atoms with E-state index in [4.69, 9.17) is 14.1 Å². The molecule has 6 nitrogen and oxygen atoms in total. The standard InChI is InChI=1S/C20H24BrN3O3S/c1-4-23(5-2)12-13-24(19(25)15-10-11-17(21)27-15)20-22-18-14(26-6-3)8-7-9-16(18)28-20/h7-11H,4-6,12-13H2,1-3H3. The number of benzene rings is 1. The van der Waals surface area contributed by atoms with E-state index in [0.29, 0.717) is 23.0 Å². The van der Waals surface area contributed by atoms with Crippen LogP contribution in [0.3, 0.4) is 0 Å². The molecular weight excluding hydrogens is 442 g/mol. The van der Waals surface area contributed by atoms with Crippen LogP contribution in [0.15, 0.2) is 39.4 Å². The van der Waals surface area contributed by atoms with Crippen molar-refractivity contribution in [3.8, 4) is 5.75 Å². The summed E-state index contributed by atoms with van der Waals surface area (Å²) >= 11 is 4.75. The van der Waals surface area contributed by atoms with Crippen LogP contribution in [0.1, 0.15) is 31.3 Å². The fourth-order valence-electron chi connectivity index (χ4n) is 2.93. The Morgan fingerprint density at radius 3 is 2.61 bits per heavy atom. The summed E-state index contributed by atoms with van der Waals surface area (Å²) in [4.78, 5) is 21.9. The van der Waals surface area contributed by atoms with Gasteiger partial charge in [-0.25, -0.2) is 4.98 Å². The molecule has 0 spiro atoms. The molecule has 2 aromatic heterocycles. The molecule has 0 saturated carbocycles. The van der Waals surface area contributed by atoms with Crippen molar-refractivity contribution < 1.29 is 13.9 Å². The van der Waals surface area contributed by atoms with Gasteiger partial charge in [0.05, 0.1) is 11.3 Å². The molecule has 0 fully saturated rings. The number of para-hydroxylation sites is 1. The van der Waals surface area contributed by atoms with Crippen LogP contribution in [-0.4, -0.2) is 48.6 Å². The lowest BCUT2D eigenvalue weighted by molar-refractivity contribution is 0.0956. The summed E-state index contributed by atoms with van der Waals surface area (Å²) in [6.45, 7) is 9.89. The molecule has 3 aromatic rings. The number of thiazole rings is 1. The zero-order chi connectivity index (χ0) is 20.1. The minimum absolute atomic E-state index is 0.199. The van der Waals surface area contributed by atoms with E-state index in [1.165, 1.54) is 11.3 Å². The summed E-state index contributed by atoms with van der Waals surface area (Å²) in [5, 5.41) is 0.645. The Morgan fingerprint density at radius 1 is 1.18 bits per heavy atom. The van der Waals surface area contributed by atoms with Gasteiger partial charge >= 0.3 is 0 Å². The molecule has 0 saturated heterocycles. The number of anilines is 1. The fourth-order valence-corrected chi connectivity index (χ4v) is 4.24. The van der Waals surface area contributed by atoms with E-state index in [-0.39, 0.29) is 11.7 Å². The average Bonchev–Trinajstić information content (AvgIpc) is 3.32. The lowest BCUT2D eigenvalue weighted by Crippen LogP contribution is -2.38.